The second-order valence-electron chi connectivity index (χ2n) is 7.00. The second-order valence-corrected chi connectivity index (χ2v) is 8.72. The molecular formula is C19H29N3O4S. The Labute approximate surface area is 161 Å². The van der Waals surface area contributed by atoms with Crippen molar-refractivity contribution in [3.05, 3.63) is 35.4 Å². The maximum Gasteiger partial charge on any atom is 0.251 e. The van der Waals surface area contributed by atoms with E-state index >= 15 is 0 Å². The van der Waals surface area contributed by atoms with Crippen molar-refractivity contribution in [3.63, 3.8) is 0 Å². The highest BCUT2D eigenvalue weighted by Gasteiger charge is 2.17. The minimum Gasteiger partial charge on any atom is -0.355 e. The van der Waals surface area contributed by atoms with Crippen LogP contribution in [0.2, 0.25) is 0 Å². The fourth-order valence-corrected chi connectivity index (χ4v) is 4.42. The van der Waals surface area contributed by atoms with Crippen LogP contribution in [0.1, 0.15) is 54.4 Å². The summed E-state index contributed by atoms with van der Waals surface area (Å²) in [5.74, 6) is -0.262. The highest BCUT2D eigenvalue weighted by atomic mass is 32.2. The van der Waals surface area contributed by atoms with E-state index in [1.807, 2.05) is 0 Å². The van der Waals surface area contributed by atoms with Crippen LogP contribution < -0.4 is 15.4 Å². The van der Waals surface area contributed by atoms with Gasteiger partial charge in [-0.2, -0.15) is 0 Å². The van der Waals surface area contributed by atoms with Gasteiger partial charge in [0.05, 0.1) is 5.75 Å². The van der Waals surface area contributed by atoms with Gasteiger partial charge in [-0.05, 0) is 56.0 Å². The third-order valence-corrected chi connectivity index (χ3v) is 6.05. The molecule has 2 amide bonds. The van der Waals surface area contributed by atoms with Gasteiger partial charge in [0, 0.05) is 19.0 Å². The molecule has 0 aliphatic carbocycles. The lowest BCUT2D eigenvalue weighted by molar-refractivity contribution is -0.119. The SMILES string of the molecule is CNC(=O)c1ccc(CS(=O)(=O)NC(=O)CCCCC2CCNCC2)cc1. The fourth-order valence-electron chi connectivity index (χ4n) is 3.27. The molecule has 1 aliphatic rings. The van der Waals surface area contributed by atoms with E-state index < -0.39 is 15.9 Å². The van der Waals surface area contributed by atoms with Gasteiger partial charge in [-0.25, -0.2) is 8.42 Å². The smallest absolute Gasteiger partial charge is 0.251 e. The van der Waals surface area contributed by atoms with Crippen molar-refractivity contribution in [3.8, 4) is 0 Å². The van der Waals surface area contributed by atoms with Gasteiger partial charge in [0.25, 0.3) is 5.91 Å². The maximum absolute atomic E-state index is 12.1. The lowest BCUT2D eigenvalue weighted by atomic mass is 9.92. The van der Waals surface area contributed by atoms with Crippen LogP contribution in [0.3, 0.4) is 0 Å². The molecule has 1 aromatic rings. The summed E-state index contributed by atoms with van der Waals surface area (Å²) in [4.78, 5) is 23.4. The first-order chi connectivity index (χ1) is 12.9. The number of unbranched alkanes of at least 4 members (excludes halogenated alkanes) is 1. The van der Waals surface area contributed by atoms with Crippen LogP contribution in [0.5, 0.6) is 0 Å². The normalized spacial score (nSPS) is 15.3. The Kier molecular flexibility index (Phi) is 8.24. The number of carbonyl (C=O) groups is 2. The standard InChI is InChI=1S/C19H29N3O4S/c1-20-19(24)17-8-6-16(7-9-17)14-27(25,26)22-18(23)5-3-2-4-15-10-12-21-13-11-15/h6-9,15,21H,2-5,10-14H2,1H3,(H,20,24)(H,22,23). The molecule has 1 fully saturated rings. The summed E-state index contributed by atoms with van der Waals surface area (Å²) in [7, 11) is -2.21. The van der Waals surface area contributed by atoms with Crippen molar-refractivity contribution in [1.82, 2.24) is 15.4 Å². The summed E-state index contributed by atoms with van der Waals surface area (Å²) in [6.07, 6.45) is 5.32. The second kappa shape index (κ2) is 10.4. The highest BCUT2D eigenvalue weighted by molar-refractivity contribution is 7.89. The number of sulfonamides is 1. The average molecular weight is 396 g/mol. The number of hydrogen-bond donors (Lipinski definition) is 3. The van der Waals surface area contributed by atoms with E-state index in [1.165, 1.54) is 19.9 Å². The minimum absolute atomic E-state index is 0.222. The zero-order valence-electron chi connectivity index (χ0n) is 15.8. The van der Waals surface area contributed by atoms with E-state index in [4.69, 9.17) is 0 Å². The summed E-state index contributed by atoms with van der Waals surface area (Å²) < 4.78 is 26.4. The number of piperidine rings is 1. The molecule has 0 radical (unpaired) electrons. The van der Waals surface area contributed by atoms with Gasteiger partial charge in [0.1, 0.15) is 0 Å². The predicted octanol–water partition coefficient (Wildman–Crippen LogP) is 1.55. The van der Waals surface area contributed by atoms with E-state index in [-0.39, 0.29) is 18.1 Å². The third kappa shape index (κ3) is 7.68. The van der Waals surface area contributed by atoms with Gasteiger partial charge in [-0.15, -0.1) is 0 Å². The van der Waals surface area contributed by atoms with E-state index in [0.29, 0.717) is 17.5 Å². The molecule has 0 spiro atoms. The molecule has 27 heavy (non-hydrogen) atoms. The van der Waals surface area contributed by atoms with Crippen molar-refractivity contribution in [2.24, 2.45) is 5.92 Å². The Balaban J connectivity index is 1.72. The van der Waals surface area contributed by atoms with Gasteiger partial charge in [-0.3, -0.25) is 14.3 Å². The molecule has 3 N–H and O–H groups in total. The van der Waals surface area contributed by atoms with Crippen LogP contribution in [-0.2, 0) is 20.6 Å². The Morgan fingerprint density at radius 2 is 1.78 bits per heavy atom. The van der Waals surface area contributed by atoms with Crippen LogP contribution in [-0.4, -0.2) is 40.4 Å². The summed E-state index contributed by atoms with van der Waals surface area (Å²) in [6.45, 7) is 2.13. The predicted molar refractivity (Wildman–Crippen MR) is 105 cm³/mol. The molecule has 0 bridgehead atoms. The molecule has 0 saturated carbocycles. The first kappa shape index (κ1) is 21.4. The van der Waals surface area contributed by atoms with Crippen molar-refractivity contribution in [1.29, 1.82) is 0 Å². The lowest BCUT2D eigenvalue weighted by Crippen LogP contribution is -2.31. The van der Waals surface area contributed by atoms with E-state index in [9.17, 15) is 18.0 Å². The molecule has 7 nitrogen and oxygen atoms in total. The van der Waals surface area contributed by atoms with Crippen LogP contribution in [0.15, 0.2) is 24.3 Å². The van der Waals surface area contributed by atoms with Crippen molar-refractivity contribution >= 4 is 21.8 Å². The van der Waals surface area contributed by atoms with Crippen LogP contribution >= 0.6 is 0 Å². The molecule has 150 valence electrons. The number of nitrogens with one attached hydrogen (secondary N) is 3. The van der Waals surface area contributed by atoms with Gasteiger partial charge >= 0.3 is 0 Å². The van der Waals surface area contributed by atoms with Gasteiger partial charge < -0.3 is 10.6 Å². The maximum atomic E-state index is 12.1. The summed E-state index contributed by atoms with van der Waals surface area (Å²) in [5, 5.41) is 5.83. The molecule has 1 aromatic carbocycles. The molecule has 1 aliphatic heterocycles. The molecule has 0 aromatic heterocycles. The molecule has 1 heterocycles. The zero-order valence-corrected chi connectivity index (χ0v) is 16.6. The summed E-state index contributed by atoms with van der Waals surface area (Å²) >= 11 is 0. The lowest BCUT2D eigenvalue weighted by Gasteiger charge is -2.22. The molecule has 0 atom stereocenters. The number of hydrogen-bond acceptors (Lipinski definition) is 5. The number of rotatable bonds is 9. The highest BCUT2D eigenvalue weighted by Crippen LogP contribution is 2.19. The molecule has 1 saturated heterocycles. The Bertz CT molecular complexity index is 726. The van der Waals surface area contributed by atoms with Crippen LogP contribution in [0.25, 0.3) is 0 Å². The quantitative estimate of drug-likeness (QED) is 0.550. The summed E-state index contributed by atoms with van der Waals surface area (Å²) in [6, 6.07) is 6.28. The Hall–Kier alpha value is -1.93. The minimum atomic E-state index is -3.74. The zero-order chi connectivity index (χ0) is 19.7. The number of carbonyl (C=O) groups excluding carboxylic acids is 2. The fraction of sp³-hybridized carbons (Fsp3) is 0.579. The summed E-state index contributed by atoms with van der Waals surface area (Å²) in [5.41, 5.74) is 0.977. The Morgan fingerprint density at radius 1 is 1.11 bits per heavy atom. The van der Waals surface area contributed by atoms with Crippen molar-refractivity contribution < 1.29 is 18.0 Å². The average Bonchev–Trinajstić information content (AvgIpc) is 2.65. The van der Waals surface area contributed by atoms with Crippen LogP contribution in [0, 0.1) is 5.92 Å². The van der Waals surface area contributed by atoms with Gasteiger partial charge in [0.15, 0.2) is 0 Å². The topological polar surface area (TPSA) is 104 Å². The Morgan fingerprint density at radius 3 is 2.41 bits per heavy atom. The van der Waals surface area contributed by atoms with Gasteiger partial charge in [0.2, 0.25) is 15.9 Å². The molecular weight excluding hydrogens is 366 g/mol. The van der Waals surface area contributed by atoms with Crippen molar-refractivity contribution in [2.45, 2.75) is 44.3 Å². The van der Waals surface area contributed by atoms with Crippen molar-refractivity contribution in [2.75, 3.05) is 20.1 Å². The monoisotopic (exact) mass is 395 g/mol. The van der Waals surface area contributed by atoms with E-state index in [1.54, 1.807) is 24.3 Å². The first-order valence-electron chi connectivity index (χ1n) is 9.44. The van der Waals surface area contributed by atoms with Crippen LogP contribution in [0.4, 0.5) is 0 Å². The van der Waals surface area contributed by atoms with Gasteiger partial charge in [-0.1, -0.05) is 25.0 Å². The third-order valence-electron chi connectivity index (χ3n) is 4.79. The van der Waals surface area contributed by atoms with E-state index in [2.05, 4.69) is 15.4 Å². The number of amides is 2. The molecule has 0 unspecified atom stereocenters. The molecule has 8 heteroatoms. The number of benzene rings is 1. The largest absolute Gasteiger partial charge is 0.355 e. The molecule has 2 rings (SSSR count). The van der Waals surface area contributed by atoms with E-state index in [0.717, 1.165) is 31.8 Å². The first-order valence-corrected chi connectivity index (χ1v) is 11.1.